The number of hydrogen-bond acceptors (Lipinski definition) is 4. The number of aromatic nitrogens is 1. The molecule has 0 unspecified atom stereocenters. The van der Waals surface area contributed by atoms with Gasteiger partial charge in [-0.25, -0.2) is 0 Å². The Morgan fingerprint density at radius 1 is 1.57 bits per heavy atom. The Balaban J connectivity index is 2.28. The highest BCUT2D eigenvalue weighted by Crippen LogP contribution is 2.18. The Labute approximate surface area is 81.0 Å². The number of hydrogen-bond donors (Lipinski definition) is 1. The lowest BCUT2D eigenvalue weighted by atomic mass is 10.2. The first kappa shape index (κ1) is 8.62. The molecule has 0 radical (unpaired) electrons. The standard InChI is InChI=1S/C10H10N2O2/c1-7(5-8-3-2-4-13-8)9-6-10(11)14-12-9/h2-6H,11H2,1H3/b7-5+. The Morgan fingerprint density at radius 3 is 3.00 bits per heavy atom. The first-order chi connectivity index (χ1) is 6.75. The van der Waals surface area contributed by atoms with Gasteiger partial charge < -0.3 is 14.7 Å². The Morgan fingerprint density at radius 2 is 2.43 bits per heavy atom. The van der Waals surface area contributed by atoms with Gasteiger partial charge in [0.2, 0.25) is 5.88 Å². The minimum atomic E-state index is 0.312. The van der Waals surface area contributed by atoms with Gasteiger partial charge in [0.15, 0.2) is 0 Å². The molecule has 4 heteroatoms. The number of rotatable bonds is 2. The molecule has 0 aliphatic rings. The van der Waals surface area contributed by atoms with E-state index in [-0.39, 0.29) is 0 Å². The van der Waals surface area contributed by atoms with E-state index in [1.807, 2.05) is 25.1 Å². The molecule has 0 fully saturated rings. The van der Waals surface area contributed by atoms with Crippen molar-refractivity contribution in [3.63, 3.8) is 0 Å². The highest BCUT2D eigenvalue weighted by Gasteiger charge is 2.03. The molecule has 0 spiro atoms. The van der Waals surface area contributed by atoms with Crippen LogP contribution in [0, 0.1) is 0 Å². The predicted molar refractivity (Wildman–Crippen MR) is 53.2 cm³/mol. The molecule has 72 valence electrons. The molecule has 2 aromatic heterocycles. The van der Waals surface area contributed by atoms with Gasteiger partial charge in [0.1, 0.15) is 11.5 Å². The number of anilines is 1. The lowest BCUT2D eigenvalue weighted by molar-refractivity contribution is 0.434. The Bertz CT molecular complexity index is 440. The van der Waals surface area contributed by atoms with Crippen LogP contribution in [0.25, 0.3) is 11.6 Å². The van der Waals surface area contributed by atoms with Gasteiger partial charge in [0.05, 0.1) is 6.26 Å². The van der Waals surface area contributed by atoms with Crippen LogP contribution in [0.5, 0.6) is 0 Å². The summed E-state index contributed by atoms with van der Waals surface area (Å²) in [5.41, 5.74) is 7.08. The molecule has 0 aliphatic carbocycles. The molecule has 0 amide bonds. The van der Waals surface area contributed by atoms with Crippen LogP contribution in [0.4, 0.5) is 5.88 Å². The molecule has 2 rings (SSSR count). The van der Waals surface area contributed by atoms with Gasteiger partial charge >= 0.3 is 0 Å². The predicted octanol–water partition coefficient (Wildman–Crippen LogP) is 2.41. The topological polar surface area (TPSA) is 65.2 Å². The summed E-state index contributed by atoms with van der Waals surface area (Å²) in [4.78, 5) is 0. The van der Waals surface area contributed by atoms with Gasteiger partial charge in [-0.15, -0.1) is 0 Å². The van der Waals surface area contributed by atoms with Gasteiger partial charge in [-0.3, -0.25) is 0 Å². The second-order valence-corrected chi connectivity index (χ2v) is 2.96. The Kier molecular flexibility index (Phi) is 2.10. The maximum Gasteiger partial charge on any atom is 0.222 e. The molecule has 2 aromatic rings. The van der Waals surface area contributed by atoms with Crippen molar-refractivity contribution in [1.82, 2.24) is 5.16 Å². The summed E-state index contributed by atoms with van der Waals surface area (Å²) in [5.74, 6) is 1.09. The summed E-state index contributed by atoms with van der Waals surface area (Å²) in [7, 11) is 0. The van der Waals surface area contributed by atoms with E-state index in [2.05, 4.69) is 5.16 Å². The number of nitrogen functional groups attached to an aromatic ring is 1. The number of allylic oxidation sites excluding steroid dienone is 1. The molecule has 0 saturated carbocycles. The number of furan rings is 1. The zero-order valence-electron chi connectivity index (χ0n) is 7.73. The van der Waals surface area contributed by atoms with Crippen molar-refractivity contribution in [3.8, 4) is 0 Å². The van der Waals surface area contributed by atoms with E-state index in [0.29, 0.717) is 5.88 Å². The quantitative estimate of drug-likeness (QED) is 0.789. The van der Waals surface area contributed by atoms with Gasteiger partial charge in [0.25, 0.3) is 0 Å². The van der Waals surface area contributed by atoms with E-state index < -0.39 is 0 Å². The van der Waals surface area contributed by atoms with E-state index >= 15 is 0 Å². The third-order valence-corrected chi connectivity index (χ3v) is 1.83. The monoisotopic (exact) mass is 190 g/mol. The summed E-state index contributed by atoms with van der Waals surface area (Å²) < 4.78 is 9.93. The molecule has 0 aromatic carbocycles. The smallest absolute Gasteiger partial charge is 0.222 e. The van der Waals surface area contributed by atoms with Crippen molar-refractivity contribution in [2.75, 3.05) is 5.73 Å². The summed E-state index contributed by atoms with van der Waals surface area (Å²) >= 11 is 0. The summed E-state index contributed by atoms with van der Waals surface area (Å²) in [5, 5.41) is 3.79. The molecule has 14 heavy (non-hydrogen) atoms. The molecule has 4 nitrogen and oxygen atoms in total. The van der Waals surface area contributed by atoms with E-state index in [4.69, 9.17) is 14.7 Å². The SMILES string of the molecule is C/C(=C\c1ccco1)c1cc(N)on1. The Hall–Kier alpha value is -1.97. The van der Waals surface area contributed by atoms with Crippen LogP contribution >= 0.6 is 0 Å². The van der Waals surface area contributed by atoms with E-state index in [9.17, 15) is 0 Å². The lowest BCUT2D eigenvalue weighted by Gasteiger charge is -1.91. The molecule has 0 saturated heterocycles. The van der Waals surface area contributed by atoms with Crippen LogP contribution in [-0.2, 0) is 0 Å². The fourth-order valence-electron chi connectivity index (χ4n) is 1.14. The molecule has 2 N–H and O–H groups in total. The molecular weight excluding hydrogens is 180 g/mol. The van der Waals surface area contributed by atoms with Crippen molar-refractivity contribution in [2.45, 2.75) is 6.92 Å². The molecule has 2 heterocycles. The maximum absolute atomic E-state index is 5.41. The molecular formula is C10H10N2O2. The van der Waals surface area contributed by atoms with E-state index in [1.165, 1.54) is 0 Å². The second-order valence-electron chi connectivity index (χ2n) is 2.96. The average molecular weight is 190 g/mol. The molecule has 0 aliphatic heterocycles. The van der Waals surface area contributed by atoms with Crippen LogP contribution < -0.4 is 5.73 Å². The van der Waals surface area contributed by atoms with E-state index in [0.717, 1.165) is 17.0 Å². The summed E-state index contributed by atoms with van der Waals surface area (Å²) in [6.07, 6.45) is 3.49. The average Bonchev–Trinajstić information content (AvgIpc) is 2.75. The van der Waals surface area contributed by atoms with Crippen LogP contribution in [0.3, 0.4) is 0 Å². The minimum absolute atomic E-state index is 0.312. The number of nitrogens with zero attached hydrogens (tertiary/aromatic N) is 1. The molecule has 0 bridgehead atoms. The van der Waals surface area contributed by atoms with Gasteiger partial charge in [-0.1, -0.05) is 5.16 Å². The normalized spacial score (nSPS) is 11.9. The van der Waals surface area contributed by atoms with Gasteiger partial charge in [-0.2, -0.15) is 0 Å². The van der Waals surface area contributed by atoms with Crippen molar-refractivity contribution >= 4 is 17.5 Å². The second kappa shape index (κ2) is 3.41. The minimum Gasteiger partial charge on any atom is -0.465 e. The highest BCUT2D eigenvalue weighted by molar-refractivity contribution is 5.77. The largest absolute Gasteiger partial charge is 0.465 e. The lowest BCUT2D eigenvalue weighted by Crippen LogP contribution is -1.78. The van der Waals surface area contributed by atoms with Crippen LogP contribution in [0.2, 0.25) is 0 Å². The van der Waals surface area contributed by atoms with Gasteiger partial charge in [-0.05, 0) is 30.7 Å². The van der Waals surface area contributed by atoms with Gasteiger partial charge in [0, 0.05) is 6.07 Å². The zero-order chi connectivity index (χ0) is 9.97. The highest BCUT2D eigenvalue weighted by atomic mass is 16.5. The fourth-order valence-corrected chi connectivity index (χ4v) is 1.14. The third kappa shape index (κ3) is 1.69. The van der Waals surface area contributed by atoms with Crippen molar-refractivity contribution in [2.24, 2.45) is 0 Å². The van der Waals surface area contributed by atoms with Crippen LogP contribution in [0.15, 0.2) is 33.4 Å². The van der Waals surface area contributed by atoms with Crippen LogP contribution in [0.1, 0.15) is 18.4 Å². The summed E-state index contributed by atoms with van der Waals surface area (Å²) in [6, 6.07) is 5.37. The fraction of sp³-hybridized carbons (Fsp3) is 0.100. The van der Waals surface area contributed by atoms with Crippen LogP contribution in [-0.4, -0.2) is 5.16 Å². The number of nitrogens with two attached hydrogens (primary N) is 1. The first-order valence-electron chi connectivity index (χ1n) is 4.20. The zero-order valence-corrected chi connectivity index (χ0v) is 7.73. The van der Waals surface area contributed by atoms with Crippen molar-refractivity contribution in [1.29, 1.82) is 0 Å². The van der Waals surface area contributed by atoms with E-state index in [1.54, 1.807) is 12.3 Å². The van der Waals surface area contributed by atoms with Crippen molar-refractivity contribution in [3.05, 3.63) is 35.9 Å². The maximum atomic E-state index is 5.41. The third-order valence-electron chi connectivity index (χ3n) is 1.83. The van der Waals surface area contributed by atoms with Crippen molar-refractivity contribution < 1.29 is 8.94 Å². The molecule has 0 atom stereocenters. The summed E-state index contributed by atoms with van der Waals surface area (Å²) in [6.45, 7) is 1.92. The first-order valence-corrected chi connectivity index (χ1v) is 4.20.